The molecular formula is C13H17BrN2S. The standard InChI is InChI=1S/C13H17BrN2S/c1-3-16(4-2)7-8-17-13-6-5-12(14)9-11(13)10-15/h5-6,9H,3-4,7-8H2,1-2H3. The second-order valence-electron chi connectivity index (χ2n) is 3.63. The molecule has 0 heterocycles. The van der Waals surface area contributed by atoms with Gasteiger partial charge in [0.05, 0.1) is 5.56 Å². The van der Waals surface area contributed by atoms with Crippen LogP contribution in [-0.4, -0.2) is 30.3 Å². The summed E-state index contributed by atoms with van der Waals surface area (Å²) in [6.07, 6.45) is 0. The molecule has 17 heavy (non-hydrogen) atoms. The second kappa shape index (κ2) is 7.75. The van der Waals surface area contributed by atoms with Crippen molar-refractivity contribution in [1.29, 1.82) is 5.26 Å². The van der Waals surface area contributed by atoms with Crippen LogP contribution in [-0.2, 0) is 0 Å². The van der Waals surface area contributed by atoms with E-state index in [0.29, 0.717) is 0 Å². The van der Waals surface area contributed by atoms with Gasteiger partial charge in [0, 0.05) is 21.7 Å². The van der Waals surface area contributed by atoms with Crippen LogP contribution in [0.1, 0.15) is 19.4 Å². The zero-order valence-corrected chi connectivity index (χ0v) is 12.6. The Hall–Kier alpha value is -0.500. The normalized spacial score (nSPS) is 10.5. The molecule has 0 bridgehead atoms. The lowest BCUT2D eigenvalue weighted by Gasteiger charge is -2.17. The summed E-state index contributed by atoms with van der Waals surface area (Å²) in [6.45, 7) is 7.59. The molecule has 0 aliphatic carbocycles. The third-order valence-corrected chi connectivity index (χ3v) is 4.17. The highest BCUT2D eigenvalue weighted by atomic mass is 79.9. The number of hydrogen-bond donors (Lipinski definition) is 0. The van der Waals surface area contributed by atoms with E-state index in [9.17, 15) is 0 Å². The fourth-order valence-corrected chi connectivity index (χ4v) is 2.89. The van der Waals surface area contributed by atoms with Crippen LogP contribution >= 0.6 is 27.7 Å². The molecule has 0 radical (unpaired) electrons. The van der Waals surface area contributed by atoms with Crippen LogP contribution in [0.15, 0.2) is 27.6 Å². The Bertz CT molecular complexity index is 397. The first kappa shape index (κ1) is 14.6. The van der Waals surface area contributed by atoms with E-state index in [-0.39, 0.29) is 0 Å². The van der Waals surface area contributed by atoms with Crippen LogP contribution in [0.5, 0.6) is 0 Å². The van der Waals surface area contributed by atoms with Crippen molar-refractivity contribution in [2.45, 2.75) is 18.7 Å². The Morgan fingerprint density at radius 3 is 2.65 bits per heavy atom. The van der Waals surface area contributed by atoms with E-state index in [1.54, 1.807) is 11.8 Å². The van der Waals surface area contributed by atoms with E-state index in [1.807, 2.05) is 18.2 Å². The molecule has 4 heteroatoms. The SMILES string of the molecule is CCN(CC)CCSc1ccc(Br)cc1C#N. The molecule has 92 valence electrons. The minimum atomic E-state index is 0.754. The van der Waals surface area contributed by atoms with Crippen molar-refractivity contribution in [2.24, 2.45) is 0 Å². The summed E-state index contributed by atoms with van der Waals surface area (Å²) in [6, 6.07) is 8.11. The summed E-state index contributed by atoms with van der Waals surface area (Å²) in [5, 5.41) is 9.05. The second-order valence-corrected chi connectivity index (χ2v) is 5.68. The molecule has 0 spiro atoms. The first-order chi connectivity index (χ1) is 8.21. The van der Waals surface area contributed by atoms with Crippen molar-refractivity contribution in [2.75, 3.05) is 25.4 Å². The Balaban J connectivity index is 2.55. The Kier molecular flexibility index (Phi) is 6.64. The molecule has 1 aromatic carbocycles. The molecule has 0 N–H and O–H groups in total. The Morgan fingerprint density at radius 1 is 1.35 bits per heavy atom. The van der Waals surface area contributed by atoms with Gasteiger partial charge in [-0.15, -0.1) is 11.8 Å². The van der Waals surface area contributed by atoms with Gasteiger partial charge in [-0.05, 0) is 31.3 Å². The molecule has 0 aliphatic heterocycles. The van der Waals surface area contributed by atoms with Gasteiger partial charge in [0.15, 0.2) is 0 Å². The van der Waals surface area contributed by atoms with Crippen molar-refractivity contribution in [1.82, 2.24) is 4.90 Å². The summed E-state index contributed by atoms with van der Waals surface area (Å²) in [4.78, 5) is 3.46. The zero-order valence-electron chi connectivity index (χ0n) is 10.2. The number of benzene rings is 1. The van der Waals surface area contributed by atoms with Gasteiger partial charge in [-0.25, -0.2) is 0 Å². The average Bonchev–Trinajstić information content (AvgIpc) is 2.36. The minimum Gasteiger partial charge on any atom is -0.303 e. The first-order valence-corrected chi connectivity index (χ1v) is 7.53. The van der Waals surface area contributed by atoms with E-state index in [0.717, 1.165) is 40.3 Å². The van der Waals surface area contributed by atoms with Crippen molar-refractivity contribution in [3.05, 3.63) is 28.2 Å². The molecule has 0 aliphatic rings. The summed E-state index contributed by atoms with van der Waals surface area (Å²) < 4.78 is 0.960. The number of halogens is 1. The van der Waals surface area contributed by atoms with Crippen molar-refractivity contribution in [3.8, 4) is 6.07 Å². The Morgan fingerprint density at radius 2 is 2.06 bits per heavy atom. The number of thioether (sulfide) groups is 1. The number of nitrogens with zero attached hydrogens (tertiary/aromatic N) is 2. The van der Waals surface area contributed by atoms with Gasteiger partial charge in [0.2, 0.25) is 0 Å². The van der Waals surface area contributed by atoms with E-state index in [4.69, 9.17) is 5.26 Å². The van der Waals surface area contributed by atoms with Crippen LogP contribution in [0.25, 0.3) is 0 Å². The van der Waals surface area contributed by atoms with Crippen molar-refractivity contribution in [3.63, 3.8) is 0 Å². The van der Waals surface area contributed by atoms with Gasteiger partial charge in [-0.2, -0.15) is 5.26 Å². The van der Waals surface area contributed by atoms with Crippen molar-refractivity contribution < 1.29 is 0 Å². The van der Waals surface area contributed by atoms with Gasteiger partial charge >= 0.3 is 0 Å². The lowest BCUT2D eigenvalue weighted by molar-refractivity contribution is 0.324. The smallest absolute Gasteiger partial charge is 0.100 e. The molecule has 0 aromatic heterocycles. The largest absolute Gasteiger partial charge is 0.303 e. The molecule has 1 rings (SSSR count). The first-order valence-electron chi connectivity index (χ1n) is 5.76. The monoisotopic (exact) mass is 312 g/mol. The zero-order chi connectivity index (χ0) is 12.7. The van der Waals surface area contributed by atoms with E-state index < -0.39 is 0 Å². The molecule has 0 fully saturated rings. The average molecular weight is 313 g/mol. The molecule has 2 nitrogen and oxygen atoms in total. The van der Waals surface area contributed by atoms with E-state index >= 15 is 0 Å². The molecule has 0 amide bonds. The predicted molar refractivity (Wildman–Crippen MR) is 77.4 cm³/mol. The maximum Gasteiger partial charge on any atom is 0.100 e. The lowest BCUT2D eigenvalue weighted by atomic mass is 10.2. The highest BCUT2D eigenvalue weighted by Gasteiger charge is 2.04. The Labute approximate surface area is 116 Å². The van der Waals surface area contributed by atoms with Crippen LogP contribution in [0, 0.1) is 11.3 Å². The molecule has 0 saturated heterocycles. The number of nitriles is 1. The molecule has 0 saturated carbocycles. The quantitative estimate of drug-likeness (QED) is 0.748. The van der Waals surface area contributed by atoms with E-state index in [1.165, 1.54) is 0 Å². The number of hydrogen-bond acceptors (Lipinski definition) is 3. The van der Waals surface area contributed by atoms with Gasteiger partial charge in [-0.3, -0.25) is 0 Å². The predicted octanol–water partition coefficient (Wildman–Crippen LogP) is 3.75. The fraction of sp³-hybridized carbons (Fsp3) is 0.462. The maximum absolute atomic E-state index is 9.05. The third kappa shape index (κ3) is 4.71. The minimum absolute atomic E-state index is 0.754. The summed E-state index contributed by atoms with van der Waals surface area (Å²) in [5.41, 5.74) is 0.754. The van der Waals surface area contributed by atoms with Gasteiger partial charge in [0.25, 0.3) is 0 Å². The molecular weight excluding hydrogens is 296 g/mol. The van der Waals surface area contributed by atoms with Gasteiger partial charge in [-0.1, -0.05) is 29.8 Å². The van der Waals surface area contributed by atoms with Crippen LogP contribution < -0.4 is 0 Å². The summed E-state index contributed by atoms with van der Waals surface area (Å²) in [5.74, 6) is 1.03. The molecule has 0 atom stereocenters. The van der Waals surface area contributed by atoms with E-state index in [2.05, 4.69) is 40.7 Å². The third-order valence-electron chi connectivity index (χ3n) is 2.62. The molecule has 0 unspecified atom stereocenters. The summed E-state index contributed by atoms with van der Waals surface area (Å²) >= 11 is 5.14. The maximum atomic E-state index is 9.05. The highest BCUT2D eigenvalue weighted by Crippen LogP contribution is 2.25. The van der Waals surface area contributed by atoms with Gasteiger partial charge < -0.3 is 4.90 Å². The fourth-order valence-electron chi connectivity index (χ4n) is 1.54. The van der Waals surface area contributed by atoms with Gasteiger partial charge in [0.1, 0.15) is 6.07 Å². The van der Waals surface area contributed by atoms with Crippen molar-refractivity contribution >= 4 is 27.7 Å². The molecule has 1 aromatic rings. The summed E-state index contributed by atoms with van der Waals surface area (Å²) in [7, 11) is 0. The van der Waals surface area contributed by atoms with Crippen LogP contribution in [0.4, 0.5) is 0 Å². The van der Waals surface area contributed by atoms with Crippen LogP contribution in [0.2, 0.25) is 0 Å². The topological polar surface area (TPSA) is 27.0 Å². The van der Waals surface area contributed by atoms with Crippen LogP contribution in [0.3, 0.4) is 0 Å². The number of rotatable bonds is 6. The highest BCUT2D eigenvalue weighted by molar-refractivity contribution is 9.10. The lowest BCUT2D eigenvalue weighted by Crippen LogP contribution is -2.25.